The lowest BCUT2D eigenvalue weighted by Crippen LogP contribution is -2.26. The molecule has 0 saturated carbocycles. The van der Waals surface area contributed by atoms with Crippen molar-refractivity contribution < 1.29 is 18.9 Å². The maximum Gasteiger partial charge on any atom is 0.524 e. The third-order valence-corrected chi connectivity index (χ3v) is 4.45. The van der Waals surface area contributed by atoms with Crippen LogP contribution in [0.3, 0.4) is 0 Å². The largest absolute Gasteiger partial charge is 0.524 e. The molecule has 0 heterocycles. The van der Waals surface area contributed by atoms with E-state index in [4.69, 9.17) is 14.3 Å². The van der Waals surface area contributed by atoms with Gasteiger partial charge in [0.15, 0.2) is 0 Å². The van der Waals surface area contributed by atoms with E-state index in [1.165, 1.54) is 11.1 Å². The topological polar surface area (TPSA) is 70.0 Å². The van der Waals surface area contributed by atoms with Gasteiger partial charge in [0.05, 0.1) is 0 Å². The summed E-state index contributed by atoms with van der Waals surface area (Å²) in [6.07, 6.45) is 6.34. The number of hydrogen-bond donors (Lipinski definition) is 2. The number of rotatable bonds is 9. The molecule has 2 rings (SSSR count). The molecule has 0 fully saturated rings. The fraction of sp³-hybridized carbons (Fsp3) is 0.529. The summed E-state index contributed by atoms with van der Waals surface area (Å²) in [6.45, 7) is 7.61. The Morgan fingerprint density at radius 1 is 1.17 bits per heavy atom. The summed E-state index contributed by atoms with van der Waals surface area (Å²) >= 11 is 0. The van der Waals surface area contributed by atoms with Crippen LogP contribution in [0.1, 0.15) is 44.2 Å². The van der Waals surface area contributed by atoms with Gasteiger partial charge in [0, 0.05) is 6.54 Å². The molecule has 2 N–H and O–H groups in total. The highest BCUT2D eigenvalue weighted by molar-refractivity contribution is 7.46. The summed E-state index contributed by atoms with van der Waals surface area (Å²) < 4.78 is 15.7. The number of nitrogens with zero attached hydrogens (tertiary/aromatic N) is 1. The average molecular weight is 339 g/mol. The monoisotopic (exact) mass is 339 g/mol. The Balaban J connectivity index is 2.05. The van der Waals surface area contributed by atoms with Crippen molar-refractivity contribution in [3.8, 4) is 5.75 Å². The van der Waals surface area contributed by atoms with Crippen LogP contribution >= 0.6 is 7.82 Å². The van der Waals surface area contributed by atoms with Crippen LogP contribution in [-0.4, -0.2) is 34.3 Å². The summed E-state index contributed by atoms with van der Waals surface area (Å²) in [5, 5.41) is 0. The Bertz CT molecular complexity index is 603. The minimum Gasteiger partial charge on any atom is -0.404 e. The third kappa shape index (κ3) is 5.47. The average Bonchev–Trinajstić information content (AvgIpc) is 2.86. The lowest BCUT2D eigenvalue weighted by Gasteiger charge is -2.21. The molecular formula is C17H26NO4P. The molecule has 128 valence electrons. The van der Waals surface area contributed by atoms with Crippen LogP contribution < -0.4 is 4.52 Å². The number of hydrogen-bond acceptors (Lipinski definition) is 3. The van der Waals surface area contributed by atoms with Crippen molar-refractivity contribution in [2.45, 2.75) is 39.5 Å². The van der Waals surface area contributed by atoms with Crippen molar-refractivity contribution in [2.75, 3.05) is 19.6 Å². The van der Waals surface area contributed by atoms with E-state index < -0.39 is 7.82 Å². The first-order valence-electron chi connectivity index (χ1n) is 8.22. The van der Waals surface area contributed by atoms with Crippen LogP contribution in [0.5, 0.6) is 5.75 Å². The second-order valence-electron chi connectivity index (χ2n) is 5.93. The maximum absolute atomic E-state index is 11.0. The Morgan fingerprint density at radius 3 is 2.48 bits per heavy atom. The van der Waals surface area contributed by atoms with Gasteiger partial charge in [-0.25, -0.2) is 4.57 Å². The SMILES string of the molecule is CCCN(CCC)CCC1=CCc2ccc(OP(=O)(O)O)cc21. The van der Waals surface area contributed by atoms with Gasteiger partial charge in [0.25, 0.3) is 0 Å². The van der Waals surface area contributed by atoms with Crippen LogP contribution in [0.25, 0.3) is 5.57 Å². The van der Waals surface area contributed by atoms with Crippen molar-refractivity contribution in [3.63, 3.8) is 0 Å². The number of phosphoric acid groups is 1. The van der Waals surface area contributed by atoms with Gasteiger partial charge in [-0.05, 0) is 67.6 Å². The highest BCUT2D eigenvalue weighted by Crippen LogP contribution is 2.40. The van der Waals surface area contributed by atoms with Crippen LogP contribution in [0.4, 0.5) is 0 Å². The number of fused-ring (bicyclic) bond motifs is 1. The van der Waals surface area contributed by atoms with Crippen molar-refractivity contribution in [1.82, 2.24) is 4.90 Å². The van der Waals surface area contributed by atoms with Crippen molar-refractivity contribution >= 4 is 13.4 Å². The summed E-state index contributed by atoms with van der Waals surface area (Å²) in [7, 11) is -4.51. The Kier molecular flexibility index (Phi) is 6.42. The normalized spacial score (nSPS) is 14.0. The number of phosphoric ester groups is 1. The van der Waals surface area contributed by atoms with Gasteiger partial charge in [-0.15, -0.1) is 0 Å². The molecule has 5 nitrogen and oxygen atoms in total. The fourth-order valence-corrected chi connectivity index (χ4v) is 3.44. The van der Waals surface area contributed by atoms with Gasteiger partial charge in [-0.3, -0.25) is 9.79 Å². The molecule has 1 aromatic rings. The van der Waals surface area contributed by atoms with E-state index in [-0.39, 0.29) is 5.75 Å². The van der Waals surface area contributed by atoms with Gasteiger partial charge in [-0.2, -0.15) is 0 Å². The van der Waals surface area contributed by atoms with E-state index >= 15 is 0 Å². The molecular weight excluding hydrogens is 313 g/mol. The summed E-state index contributed by atoms with van der Waals surface area (Å²) in [5.41, 5.74) is 3.49. The van der Waals surface area contributed by atoms with Gasteiger partial charge in [0.2, 0.25) is 0 Å². The zero-order valence-electron chi connectivity index (χ0n) is 13.9. The highest BCUT2D eigenvalue weighted by Gasteiger charge is 2.20. The molecule has 0 unspecified atom stereocenters. The number of benzene rings is 1. The third-order valence-electron chi connectivity index (χ3n) is 4.00. The molecule has 1 aliphatic carbocycles. The molecule has 0 aromatic heterocycles. The molecule has 0 radical (unpaired) electrons. The predicted molar refractivity (Wildman–Crippen MR) is 92.4 cm³/mol. The zero-order chi connectivity index (χ0) is 16.9. The quantitative estimate of drug-likeness (QED) is 0.673. The van der Waals surface area contributed by atoms with Gasteiger partial charge in [0.1, 0.15) is 5.75 Å². The Morgan fingerprint density at radius 2 is 1.87 bits per heavy atom. The van der Waals surface area contributed by atoms with Crippen LogP contribution in [-0.2, 0) is 11.0 Å². The van der Waals surface area contributed by atoms with Gasteiger partial charge < -0.3 is 9.42 Å². The van der Waals surface area contributed by atoms with E-state index in [1.54, 1.807) is 12.1 Å². The summed E-state index contributed by atoms with van der Waals surface area (Å²) in [6, 6.07) is 5.26. The van der Waals surface area contributed by atoms with Crippen LogP contribution in [0.15, 0.2) is 24.3 Å². The minimum atomic E-state index is -4.51. The molecule has 0 atom stereocenters. The summed E-state index contributed by atoms with van der Waals surface area (Å²) in [4.78, 5) is 20.4. The fourth-order valence-electron chi connectivity index (χ4n) is 3.05. The molecule has 0 spiro atoms. The Labute approximate surface area is 138 Å². The lowest BCUT2D eigenvalue weighted by atomic mass is 10.0. The molecule has 1 aliphatic rings. The molecule has 0 aliphatic heterocycles. The zero-order valence-corrected chi connectivity index (χ0v) is 14.8. The lowest BCUT2D eigenvalue weighted by molar-refractivity contribution is 0.281. The molecule has 0 bridgehead atoms. The number of allylic oxidation sites excluding steroid dienone is 1. The Hall–Kier alpha value is -1.13. The summed E-state index contributed by atoms with van der Waals surface area (Å²) in [5.74, 6) is 0.226. The van der Waals surface area contributed by atoms with E-state index in [0.29, 0.717) is 0 Å². The first kappa shape index (κ1) is 18.2. The first-order chi connectivity index (χ1) is 10.9. The van der Waals surface area contributed by atoms with Crippen LogP contribution in [0.2, 0.25) is 0 Å². The van der Waals surface area contributed by atoms with Gasteiger partial charge >= 0.3 is 7.82 Å². The molecule has 23 heavy (non-hydrogen) atoms. The second-order valence-corrected chi connectivity index (χ2v) is 7.09. The highest BCUT2D eigenvalue weighted by atomic mass is 31.2. The smallest absolute Gasteiger partial charge is 0.404 e. The standard InChI is InChI=1S/C17H26NO4P/c1-3-10-18(11-4-2)12-9-15-6-5-14-7-8-16(13-17(14)15)22-23(19,20)21/h6-8,13H,3-5,9-12H2,1-2H3,(H2,19,20,21). The maximum atomic E-state index is 11.0. The van der Waals surface area contributed by atoms with Crippen molar-refractivity contribution in [2.24, 2.45) is 0 Å². The first-order valence-corrected chi connectivity index (χ1v) is 9.75. The van der Waals surface area contributed by atoms with Crippen LogP contribution in [0, 0.1) is 0 Å². The molecule has 6 heteroatoms. The van der Waals surface area contributed by atoms with E-state index in [9.17, 15) is 4.57 Å². The van der Waals surface area contributed by atoms with Gasteiger partial charge in [-0.1, -0.05) is 26.0 Å². The molecule has 0 amide bonds. The predicted octanol–water partition coefficient (Wildman–Crippen LogP) is 3.61. The van der Waals surface area contributed by atoms with E-state index in [0.717, 1.165) is 50.9 Å². The molecule has 1 aromatic carbocycles. The minimum absolute atomic E-state index is 0.226. The van der Waals surface area contributed by atoms with E-state index in [1.807, 2.05) is 6.07 Å². The second kappa shape index (κ2) is 8.11. The van der Waals surface area contributed by atoms with E-state index in [2.05, 4.69) is 24.8 Å². The molecule has 0 saturated heterocycles. The van der Waals surface area contributed by atoms with Crippen molar-refractivity contribution in [1.29, 1.82) is 0 Å². The van der Waals surface area contributed by atoms with Crippen molar-refractivity contribution in [3.05, 3.63) is 35.4 Å².